The lowest BCUT2D eigenvalue weighted by Crippen LogP contribution is -2.34. The Kier molecular flexibility index (Phi) is 3.97. The Morgan fingerprint density at radius 1 is 1.23 bits per heavy atom. The second-order valence-corrected chi connectivity index (χ2v) is 5.97. The standard InChI is InChI=1S/C19H22N2O/c1-4-17(5-2)21-12-16-10-15(14-7-6-8-20-11-14)9-13(3)18(16)19(21)22/h6-11,17H,4-5,12H2,1-3H3. The second-order valence-electron chi connectivity index (χ2n) is 5.97. The molecule has 1 aromatic carbocycles. The first-order chi connectivity index (χ1) is 10.7. The van der Waals surface area contributed by atoms with Crippen LogP contribution in [0.1, 0.15) is 48.2 Å². The largest absolute Gasteiger partial charge is 0.331 e. The monoisotopic (exact) mass is 294 g/mol. The Morgan fingerprint density at radius 3 is 2.64 bits per heavy atom. The van der Waals surface area contributed by atoms with Crippen LogP contribution in [-0.2, 0) is 6.54 Å². The van der Waals surface area contributed by atoms with Crippen LogP contribution < -0.4 is 0 Å². The summed E-state index contributed by atoms with van der Waals surface area (Å²) in [6.45, 7) is 7.07. The number of aryl methyl sites for hydroxylation is 1. The van der Waals surface area contributed by atoms with Crippen LogP contribution in [0.3, 0.4) is 0 Å². The Labute approximate surface area is 132 Å². The van der Waals surface area contributed by atoms with Crippen LogP contribution in [0.2, 0.25) is 0 Å². The van der Waals surface area contributed by atoms with Crippen molar-refractivity contribution in [2.24, 2.45) is 0 Å². The maximum atomic E-state index is 12.7. The van der Waals surface area contributed by atoms with Crippen LogP contribution in [-0.4, -0.2) is 21.8 Å². The minimum absolute atomic E-state index is 0.193. The van der Waals surface area contributed by atoms with Gasteiger partial charge < -0.3 is 4.90 Å². The zero-order valence-corrected chi connectivity index (χ0v) is 13.5. The molecule has 1 amide bonds. The van der Waals surface area contributed by atoms with Crippen molar-refractivity contribution < 1.29 is 4.79 Å². The molecular formula is C19H22N2O. The molecule has 0 radical (unpaired) electrons. The highest BCUT2D eigenvalue weighted by molar-refractivity contribution is 6.00. The van der Waals surface area contributed by atoms with Crippen molar-refractivity contribution in [3.63, 3.8) is 0 Å². The third kappa shape index (κ3) is 2.41. The molecule has 0 spiro atoms. The number of hydrogen-bond acceptors (Lipinski definition) is 2. The molecule has 2 aromatic rings. The van der Waals surface area contributed by atoms with Gasteiger partial charge in [0.05, 0.1) is 0 Å². The summed E-state index contributed by atoms with van der Waals surface area (Å²) in [5.74, 6) is 0.193. The van der Waals surface area contributed by atoms with Crippen LogP contribution in [0.25, 0.3) is 11.1 Å². The highest BCUT2D eigenvalue weighted by Gasteiger charge is 2.32. The lowest BCUT2D eigenvalue weighted by molar-refractivity contribution is 0.0692. The smallest absolute Gasteiger partial charge is 0.255 e. The van der Waals surface area contributed by atoms with Crippen molar-refractivity contribution in [3.05, 3.63) is 53.3 Å². The third-order valence-electron chi connectivity index (χ3n) is 4.61. The first-order valence-electron chi connectivity index (χ1n) is 8.00. The van der Waals surface area contributed by atoms with Gasteiger partial charge in [-0.1, -0.05) is 26.0 Å². The predicted octanol–water partition coefficient (Wildman–Crippen LogP) is 4.20. The number of hydrogen-bond donors (Lipinski definition) is 0. The Balaban J connectivity index is 2.01. The molecule has 0 saturated carbocycles. The zero-order valence-electron chi connectivity index (χ0n) is 13.5. The van der Waals surface area contributed by atoms with Crippen molar-refractivity contribution in [1.82, 2.24) is 9.88 Å². The van der Waals surface area contributed by atoms with Gasteiger partial charge in [0.15, 0.2) is 0 Å². The van der Waals surface area contributed by atoms with Crippen LogP contribution in [0.15, 0.2) is 36.7 Å². The summed E-state index contributed by atoms with van der Waals surface area (Å²) >= 11 is 0. The van der Waals surface area contributed by atoms with Gasteiger partial charge in [-0.15, -0.1) is 0 Å². The third-order valence-corrected chi connectivity index (χ3v) is 4.61. The van der Waals surface area contributed by atoms with Gasteiger partial charge in [-0.2, -0.15) is 0 Å². The molecule has 1 aliphatic rings. The first kappa shape index (κ1) is 14.8. The van der Waals surface area contributed by atoms with Gasteiger partial charge in [0.25, 0.3) is 5.91 Å². The van der Waals surface area contributed by atoms with Gasteiger partial charge in [0.1, 0.15) is 0 Å². The maximum Gasteiger partial charge on any atom is 0.255 e. The Hall–Kier alpha value is -2.16. The molecule has 0 bridgehead atoms. The summed E-state index contributed by atoms with van der Waals surface area (Å²) < 4.78 is 0. The Morgan fingerprint density at radius 2 is 2.00 bits per heavy atom. The topological polar surface area (TPSA) is 33.2 Å². The summed E-state index contributed by atoms with van der Waals surface area (Å²) in [5.41, 5.74) is 5.36. The summed E-state index contributed by atoms with van der Waals surface area (Å²) in [6.07, 6.45) is 5.66. The molecule has 0 aliphatic carbocycles. The number of carbonyl (C=O) groups excluding carboxylic acids is 1. The summed E-state index contributed by atoms with van der Waals surface area (Å²) in [6, 6.07) is 8.59. The molecule has 1 aromatic heterocycles. The number of fused-ring (bicyclic) bond motifs is 1. The first-order valence-corrected chi connectivity index (χ1v) is 8.00. The van der Waals surface area contributed by atoms with Crippen LogP contribution in [0, 0.1) is 6.92 Å². The number of aromatic nitrogens is 1. The summed E-state index contributed by atoms with van der Waals surface area (Å²) in [4.78, 5) is 19.0. The second kappa shape index (κ2) is 5.91. The maximum absolute atomic E-state index is 12.7. The van der Waals surface area contributed by atoms with Crippen LogP contribution in [0.5, 0.6) is 0 Å². The lowest BCUT2D eigenvalue weighted by Gasteiger charge is -2.25. The van der Waals surface area contributed by atoms with Crippen LogP contribution in [0.4, 0.5) is 0 Å². The molecule has 0 fully saturated rings. The van der Waals surface area contributed by atoms with E-state index in [2.05, 4.69) is 37.0 Å². The van der Waals surface area contributed by atoms with E-state index in [4.69, 9.17) is 0 Å². The molecule has 3 heteroatoms. The van der Waals surface area contributed by atoms with Gasteiger partial charge in [0, 0.05) is 36.1 Å². The fourth-order valence-corrected chi connectivity index (χ4v) is 3.41. The van der Waals surface area contributed by atoms with E-state index in [1.165, 1.54) is 0 Å². The molecular weight excluding hydrogens is 272 g/mol. The average Bonchev–Trinajstić information content (AvgIpc) is 2.87. The minimum atomic E-state index is 0.193. The quantitative estimate of drug-likeness (QED) is 0.846. The summed E-state index contributed by atoms with van der Waals surface area (Å²) in [5, 5.41) is 0. The van der Waals surface area contributed by atoms with E-state index in [1.807, 2.05) is 24.1 Å². The van der Waals surface area contributed by atoms with Gasteiger partial charge in [0.2, 0.25) is 0 Å². The lowest BCUT2D eigenvalue weighted by atomic mass is 9.97. The average molecular weight is 294 g/mol. The van der Waals surface area contributed by atoms with E-state index in [0.29, 0.717) is 6.04 Å². The van der Waals surface area contributed by atoms with E-state index in [1.54, 1.807) is 6.20 Å². The van der Waals surface area contributed by atoms with Crippen molar-refractivity contribution >= 4 is 5.91 Å². The Bertz CT molecular complexity index is 690. The number of carbonyl (C=O) groups is 1. The van der Waals surface area contributed by atoms with Crippen molar-refractivity contribution in [3.8, 4) is 11.1 Å². The SMILES string of the molecule is CCC(CC)N1Cc2cc(-c3cccnc3)cc(C)c2C1=O. The van der Waals surface area contributed by atoms with Gasteiger partial charge >= 0.3 is 0 Å². The van der Waals surface area contributed by atoms with E-state index >= 15 is 0 Å². The van der Waals surface area contributed by atoms with Crippen molar-refractivity contribution in [2.75, 3.05) is 0 Å². The number of pyridine rings is 1. The van der Waals surface area contributed by atoms with Gasteiger partial charge in [-0.05, 0) is 48.6 Å². The van der Waals surface area contributed by atoms with E-state index in [9.17, 15) is 4.79 Å². The molecule has 0 saturated heterocycles. The van der Waals surface area contributed by atoms with Gasteiger partial charge in [-0.25, -0.2) is 0 Å². The summed E-state index contributed by atoms with van der Waals surface area (Å²) in [7, 11) is 0. The van der Waals surface area contributed by atoms with Crippen LogP contribution >= 0.6 is 0 Å². The number of benzene rings is 1. The number of nitrogens with zero attached hydrogens (tertiary/aromatic N) is 2. The molecule has 2 heterocycles. The predicted molar refractivity (Wildman–Crippen MR) is 88.7 cm³/mol. The fourth-order valence-electron chi connectivity index (χ4n) is 3.41. The van der Waals surface area contributed by atoms with Crippen molar-refractivity contribution in [2.45, 2.75) is 46.2 Å². The van der Waals surface area contributed by atoms with Gasteiger partial charge in [-0.3, -0.25) is 9.78 Å². The normalized spacial score (nSPS) is 13.8. The molecule has 0 N–H and O–H groups in total. The molecule has 114 valence electrons. The van der Waals surface area contributed by atoms with E-state index in [0.717, 1.165) is 47.2 Å². The zero-order chi connectivity index (χ0) is 15.7. The highest BCUT2D eigenvalue weighted by atomic mass is 16.2. The number of rotatable bonds is 4. The fraction of sp³-hybridized carbons (Fsp3) is 0.368. The molecule has 3 nitrogen and oxygen atoms in total. The minimum Gasteiger partial charge on any atom is -0.331 e. The highest BCUT2D eigenvalue weighted by Crippen LogP contribution is 2.33. The molecule has 0 unspecified atom stereocenters. The van der Waals surface area contributed by atoms with E-state index in [-0.39, 0.29) is 5.91 Å². The molecule has 22 heavy (non-hydrogen) atoms. The number of amides is 1. The van der Waals surface area contributed by atoms with Crippen molar-refractivity contribution in [1.29, 1.82) is 0 Å². The molecule has 1 aliphatic heterocycles. The molecule has 0 atom stereocenters. The van der Waals surface area contributed by atoms with E-state index < -0.39 is 0 Å². The molecule has 3 rings (SSSR count).